The van der Waals surface area contributed by atoms with Gasteiger partial charge in [-0.2, -0.15) is 0 Å². The topological polar surface area (TPSA) is 55.5 Å². The summed E-state index contributed by atoms with van der Waals surface area (Å²) in [5, 5.41) is 9.49. The molecule has 0 aliphatic rings. The number of rotatable bonds is 7. The average molecular weight is 278 g/mol. The van der Waals surface area contributed by atoms with E-state index in [0.717, 1.165) is 25.7 Å². The molecule has 0 heterocycles. The van der Waals surface area contributed by atoms with E-state index in [1.807, 2.05) is 0 Å². The van der Waals surface area contributed by atoms with Gasteiger partial charge >= 0.3 is 0 Å². The molecule has 0 radical (unpaired) electrons. The fourth-order valence-electron chi connectivity index (χ4n) is 1.46. The number of benzene rings is 1. The highest BCUT2D eigenvalue weighted by Crippen LogP contribution is 2.35. The van der Waals surface area contributed by atoms with E-state index in [2.05, 4.69) is 0 Å². The summed E-state index contributed by atoms with van der Waals surface area (Å²) in [4.78, 5) is 0. The lowest BCUT2D eigenvalue weighted by molar-refractivity contribution is 0.273. The minimum atomic E-state index is 0.247. The summed E-state index contributed by atoms with van der Waals surface area (Å²) in [6.07, 6.45) is 3.77. The molecular formula is C12H17Cl2NO2. The third-order valence-corrected chi connectivity index (χ3v) is 2.88. The zero-order valence-electron chi connectivity index (χ0n) is 9.59. The predicted octanol–water partition coefficient (Wildman–Crippen LogP) is 3.51. The maximum Gasteiger partial charge on any atom is 0.156 e. The van der Waals surface area contributed by atoms with Gasteiger partial charge in [0.25, 0.3) is 0 Å². The molecule has 96 valence electrons. The summed E-state index contributed by atoms with van der Waals surface area (Å²) >= 11 is 11.9. The predicted molar refractivity (Wildman–Crippen MR) is 71.9 cm³/mol. The molecule has 0 atom stereocenters. The molecular weight excluding hydrogens is 261 g/mol. The van der Waals surface area contributed by atoms with Crippen LogP contribution in [-0.2, 0) is 0 Å². The van der Waals surface area contributed by atoms with Gasteiger partial charge in [-0.3, -0.25) is 0 Å². The Morgan fingerprint density at radius 1 is 1.06 bits per heavy atom. The molecule has 0 amide bonds. The number of hydrogen-bond acceptors (Lipinski definition) is 3. The zero-order chi connectivity index (χ0) is 12.7. The smallest absolute Gasteiger partial charge is 0.156 e. The molecule has 0 aromatic heterocycles. The highest BCUT2D eigenvalue weighted by atomic mass is 35.5. The molecule has 3 N–H and O–H groups in total. The van der Waals surface area contributed by atoms with Gasteiger partial charge < -0.3 is 15.6 Å². The summed E-state index contributed by atoms with van der Waals surface area (Å²) in [7, 11) is 0. The van der Waals surface area contributed by atoms with Crippen molar-refractivity contribution in [1.82, 2.24) is 0 Å². The average Bonchev–Trinajstić information content (AvgIpc) is 2.26. The molecule has 0 aliphatic carbocycles. The normalized spacial score (nSPS) is 10.5. The van der Waals surface area contributed by atoms with Crippen LogP contribution in [0.2, 0.25) is 10.0 Å². The number of nitrogen functional groups attached to an aromatic ring is 1. The van der Waals surface area contributed by atoms with Crippen molar-refractivity contribution in [1.29, 1.82) is 0 Å². The number of ether oxygens (including phenoxy) is 1. The van der Waals surface area contributed by atoms with Gasteiger partial charge in [0.2, 0.25) is 0 Å². The molecule has 0 bridgehead atoms. The third-order valence-electron chi connectivity index (χ3n) is 2.32. The zero-order valence-corrected chi connectivity index (χ0v) is 11.1. The Balaban J connectivity index is 2.36. The minimum absolute atomic E-state index is 0.247. The molecule has 1 aromatic rings. The number of halogens is 2. The van der Waals surface area contributed by atoms with Crippen LogP contribution < -0.4 is 10.5 Å². The first-order valence-corrected chi connectivity index (χ1v) is 6.39. The number of unbranched alkanes of at least 4 members (excludes halogenated alkanes) is 3. The molecule has 0 spiro atoms. The highest BCUT2D eigenvalue weighted by molar-refractivity contribution is 6.37. The largest absolute Gasteiger partial charge is 0.490 e. The fraction of sp³-hybridized carbons (Fsp3) is 0.500. The first-order chi connectivity index (χ1) is 8.15. The van der Waals surface area contributed by atoms with Gasteiger partial charge in [0.1, 0.15) is 0 Å². The molecule has 0 fully saturated rings. The van der Waals surface area contributed by atoms with Crippen molar-refractivity contribution in [2.45, 2.75) is 25.7 Å². The summed E-state index contributed by atoms with van der Waals surface area (Å²) in [6, 6.07) is 3.24. The van der Waals surface area contributed by atoms with Crippen LogP contribution in [-0.4, -0.2) is 18.3 Å². The number of aliphatic hydroxyl groups is 1. The standard InChI is InChI=1S/C12H17Cl2NO2/c13-10-7-9(15)8-11(14)12(10)17-6-4-2-1-3-5-16/h7-8,16H,1-6,15H2. The molecule has 0 saturated carbocycles. The van der Waals surface area contributed by atoms with Gasteiger partial charge in [-0.05, 0) is 31.4 Å². The van der Waals surface area contributed by atoms with Crippen molar-refractivity contribution in [3.05, 3.63) is 22.2 Å². The van der Waals surface area contributed by atoms with Crippen LogP contribution >= 0.6 is 23.2 Å². The summed E-state index contributed by atoms with van der Waals surface area (Å²) in [6.45, 7) is 0.811. The van der Waals surface area contributed by atoms with Crippen molar-refractivity contribution >= 4 is 28.9 Å². The van der Waals surface area contributed by atoms with E-state index in [0.29, 0.717) is 28.1 Å². The summed E-state index contributed by atoms with van der Waals surface area (Å²) in [5.74, 6) is 0.490. The summed E-state index contributed by atoms with van der Waals surface area (Å²) < 4.78 is 5.52. The molecule has 3 nitrogen and oxygen atoms in total. The Hall–Kier alpha value is -0.640. The number of anilines is 1. The molecule has 0 saturated heterocycles. The Bertz CT molecular complexity index is 335. The Labute approximate surface area is 111 Å². The summed E-state index contributed by atoms with van der Waals surface area (Å²) in [5.41, 5.74) is 6.11. The first-order valence-electron chi connectivity index (χ1n) is 5.63. The Morgan fingerprint density at radius 2 is 1.65 bits per heavy atom. The number of aliphatic hydroxyl groups excluding tert-OH is 1. The van der Waals surface area contributed by atoms with Crippen molar-refractivity contribution in [2.24, 2.45) is 0 Å². The van der Waals surface area contributed by atoms with Gasteiger partial charge in [-0.25, -0.2) is 0 Å². The molecule has 5 heteroatoms. The van der Waals surface area contributed by atoms with E-state index in [1.54, 1.807) is 12.1 Å². The lowest BCUT2D eigenvalue weighted by atomic mass is 10.2. The van der Waals surface area contributed by atoms with E-state index in [4.69, 9.17) is 38.8 Å². The molecule has 0 unspecified atom stereocenters. The minimum Gasteiger partial charge on any atom is -0.490 e. The fourth-order valence-corrected chi connectivity index (χ4v) is 2.07. The SMILES string of the molecule is Nc1cc(Cl)c(OCCCCCCO)c(Cl)c1. The van der Waals surface area contributed by atoms with Crippen molar-refractivity contribution < 1.29 is 9.84 Å². The molecule has 1 rings (SSSR count). The second-order valence-electron chi connectivity index (χ2n) is 3.80. The maximum absolute atomic E-state index is 8.62. The van der Waals surface area contributed by atoms with Gasteiger partial charge in [0.05, 0.1) is 16.7 Å². The quantitative estimate of drug-likeness (QED) is 0.592. The van der Waals surface area contributed by atoms with Crippen LogP contribution in [0, 0.1) is 0 Å². The lowest BCUT2D eigenvalue weighted by Crippen LogP contribution is -1.99. The van der Waals surface area contributed by atoms with Crippen LogP contribution in [0.1, 0.15) is 25.7 Å². The monoisotopic (exact) mass is 277 g/mol. The van der Waals surface area contributed by atoms with E-state index in [9.17, 15) is 0 Å². The van der Waals surface area contributed by atoms with Crippen LogP contribution in [0.5, 0.6) is 5.75 Å². The number of nitrogens with two attached hydrogens (primary N) is 1. The van der Waals surface area contributed by atoms with E-state index >= 15 is 0 Å². The molecule has 17 heavy (non-hydrogen) atoms. The van der Waals surface area contributed by atoms with Gasteiger partial charge in [0, 0.05) is 12.3 Å². The number of hydrogen-bond donors (Lipinski definition) is 2. The van der Waals surface area contributed by atoms with Crippen LogP contribution in [0.4, 0.5) is 5.69 Å². The van der Waals surface area contributed by atoms with Gasteiger partial charge in [-0.15, -0.1) is 0 Å². The van der Waals surface area contributed by atoms with Crippen molar-refractivity contribution in [2.75, 3.05) is 18.9 Å². The second kappa shape index (κ2) is 7.64. The second-order valence-corrected chi connectivity index (χ2v) is 4.61. The van der Waals surface area contributed by atoms with Crippen molar-refractivity contribution in [3.63, 3.8) is 0 Å². The van der Waals surface area contributed by atoms with Crippen LogP contribution in [0.3, 0.4) is 0 Å². The lowest BCUT2D eigenvalue weighted by Gasteiger charge is -2.10. The van der Waals surface area contributed by atoms with E-state index in [-0.39, 0.29) is 6.61 Å². The third kappa shape index (κ3) is 5.02. The first kappa shape index (κ1) is 14.4. The Morgan fingerprint density at radius 3 is 2.24 bits per heavy atom. The molecule has 0 aliphatic heterocycles. The van der Waals surface area contributed by atoms with Crippen molar-refractivity contribution in [3.8, 4) is 5.75 Å². The van der Waals surface area contributed by atoms with E-state index in [1.165, 1.54) is 0 Å². The van der Waals surface area contributed by atoms with Crippen LogP contribution in [0.15, 0.2) is 12.1 Å². The van der Waals surface area contributed by atoms with Crippen LogP contribution in [0.25, 0.3) is 0 Å². The molecule has 1 aromatic carbocycles. The van der Waals surface area contributed by atoms with Gasteiger partial charge in [0.15, 0.2) is 5.75 Å². The maximum atomic E-state index is 8.62. The highest BCUT2D eigenvalue weighted by Gasteiger charge is 2.08. The Kier molecular flexibility index (Phi) is 6.48. The van der Waals surface area contributed by atoms with Gasteiger partial charge in [-0.1, -0.05) is 29.6 Å². The van der Waals surface area contributed by atoms with E-state index < -0.39 is 0 Å².